The Labute approximate surface area is 99.1 Å². The van der Waals surface area contributed by atoms with Gasteiger partial charge in [0, 0.05) is 18.7 Å². The summed E-state index contributed by atoms with van der Waals surface area (Å²) in [5.74, 6) is 2.05. The SMILES string of the molecule is CC1OCCC1NC1CC1C1CCCCC1. The van der Waals surface area contributed by atoms with Gasteiger partial charge in [-0.1, -0.05) is 32.1 Å². The maximum absolute atomic E-state index is 5.61. The van der Waals surface area contributed by atoms with Crippen molar-refractivity contribution in [3.63, 3.8) is 0 Å². The molecule has 0 radical (unpaired) electrons. The van der Waals surface area contributed by atoms with Gasteiger partial charge in [0.25, 0.3) is 0 Å². The molecule has 2 heteroatoms. The summed E-state index contributed by atoms with van der Waals surface area (Å²) in [6.07, 6.45) is 10.5. The first-order valence-corrected chi connectivity index (χ1v) is 7.22. The summed E-state index contributed by atoms with van der Waals surface area (Å²) in [7, 11) is 0. The predicted octanol–water partition coefficient (Wildman–Crippen LogP) is 2.72. The molecule has 0 aromatic heterocycles. The van der Waals surface area contributed by atoms with Crippen LogP contribution in [0.5, 0.6) is 0 Å². The highest BCUT2D eigenvalue weighted by atomic mass is 16.5. The van der Waals surface area contributed by atoms with Crippen molar-refractivity contribution < 1.29 is 4.74 Å². The zero-order valence-corrected chi connectivity index (χ0v) is 10.5. The first kappa shape index (κ1) is 11.0. The summed E-state index contributed by atoms with van der Waals surface area (Å²) in [5, 5.41) is 3.82. The molecule has 2 nitrogen and oxygen atoms in total. The molecule has 2 saturated carbocycles. The molecule has 3 fully saturated rings. The molecule has 3 aliphatic rings. The van der Waals surface area contributed by atoms with E-state index < -0.39 is 0 Å². The predicted molar refractivity (Wildman–Crippen MR) is 65.4 cm³/mol. The van der Waals surface area contributed by atoms with Crippen LogP contribution in [0, 0.1) is 11.8 Å². The summed E-state index contributed by atoms with van der Waals surface area (Å²) in [6.45, 7) is 3.17. The maximum atomic E-state index is 5.61. The Kier molecular flexibility index (Phi) is 3.21. The molecule has 1 N–H and O–H groups in total. The monoisotopic (exact) mass is 223 g/mol. The van der Waals surface area contributed by atoms with Crippen LogP contribution in [0.4, 0.5) is 0 Å². The molecular weight excluding hydrogens is 198 g/mol. The van der Waals surface area contributed by atoms with Gasteiger partial charge in [0.2, 0.25) is 0 Å². The molecule has 3 rings (SSSR count). The van der Waals surface area contributed by atoms with Crippen LogP contribution in [0.25, 0.3) is 0 Å². The van der Waals surface area contributed by atoms with Gasteiger partial charge in [0.1, 0.15) is 0 Å². The molecular formula is C14H25NO. The molecule has 16 heavy (non-hydrogen) atoms. The quantitative estimate of drug-likeness (QED) is 0.794. The lowest BCUT2D eigenvalue weighted by Crippen LogP contribution is -2.37. The fraction of sp³-hybridized carbons (Fsp3) is 1.00. The molecule has 0 bridgehead atoms. The van der Waals surface area contributed by atoms with Gasteiger partial charge in [-0.05, 0) is 31.6 Å². The van der Waals surface area contributed by atoms with E-state index in [0.717, 1.165) is 24.5 Å². The van der Waals surface area contributed by atoms with E-state index >= 15 is 0 Å². The second-order valence-corrected chi connectivity index (χ2v) is 6.04. The van der Waals surface area contributed by atoms with Gasteiger partial charge in [-0.3, -0.25) is 0 Å². The Balaban J connectivity index is 1.45. The molecule has 92 valence electrons. The molecule has 0 aromatic carbocycles. The average Bonchev–Trinajstić information content (AvgIpc) is 2.97. The molecule has 4 unspecified atom stereocenters. The second-order valence-electron chi connectivity index (χ2n) is 6.04. The van der Waals surface area contributed by atoms with Crippen LogP contribution in [-0.2, 0) is 4.74 Å². The summed E-state index contributed by atoms with van der Waals surface area (Å²) in [4.78, 5) is 0. The van der Waals surface area contributed by atoms with E-state index in [1.54, 1.807) is 0 Å². The number of hydrogen-bond donors (Lipinski definition) is 1. The minimum atomic E-state index is 0.438. The van der Waals surface area contributed by atoms with Crippen LogP contribution in [0.2, 0.25) is 0 Å². The van der Waals surface area contributed by atoms with Crippen molar-refractivity contribution in [2.45, 2.75) is 70.1 Å². The van der Waals surface area contributed by atoms with Crippen LogP contribution in [0.15, 0.2) is 0 Å². The number of ether oxygens (including phenoxy) is 1. The Bertz CT molecular complexity index is 237. The Hall–Kier alpha value is -0.0800. The Morgan fingerprint density at radius 1 is 1.00 bits per heavy atom. The molecule has 4 atom stereocenters. The van der Waals surface area contributed by atoms with Crippen molar-refractivity contribution in [2.75, 3.05) is 6.61 Å². The molecule has 0 amide bonds. The van der Waals surface area contributed by atoms with Crippen molar-refractivity contribution in [3.05, 3.63) is 0 Å². The fourth-order valence-corrected chi connectivity index (χ4v) is 3.72. The first-order valence-electron chi connectivity index (χ1n) is 7.22. The average molecular weight is 223 g/mol. The Morgan fingerprint density at radius 3 is 2.50 bits per heavy atom. The summed E-state index contributed by atoms with van der Waals surface area (Å²) < 4.78 is 5.61. The highest BCUT2D eigenvalue weighted by Gasteiger charge is 2.44. The lowest BCUT2D eigenvalue weighted by Gasteiger charge is -2.23. The van der Waals surface area contributed by atoms with E-state index in [4.69, 9.17) is 4.74 Å². The minimum absolute atomic E-state index is 0.438. The normalized spacial score (nSPS) is 44.8. The van der Waals surface area contributed by atoms with Gasteiger partial charge in [-0.2, -0.15) is 0 Å². The summed E-state index contributed by atoms with van der Waals surface area (Å²) in [5.41, 5.74) is 0. The third-order valence-corrected chi connectivity index (χ3v) is 4.90. The van der Waals surface area contributed by atoms with Crippen molar-refractivity contribution in [1.29, 1.82) is 0 Å². The minimum Gasteiger partial charge on any atom is -0.377 e. The third-order valence-electron chi connectivity index (χ3n) is 4.90. The zero-order chi connectivity index (χ0) is 11.0. The van der Waals surface area contributed by atoms with E-state index in [2.05, 4.69) is 12.2 Å². The van der Waals surface area contributed by atoms with Crippen molar-refractivity contribution >= 4 is 0 Å². The standard InChI is InChI=1S/C14H25NO/c1-10-13(7-8-16-10)15-14-9-12(14)11-5-3-2-4-6-11/h10-15H,2-9H2,1H3. The lowest BCUT2D eigenvalue weighted by molar-refractivity contribution is 0.112. The largest absolute Gasteiger partial charge is 0.377 e. The van der Waals surface area contributed by atoms with E-state index in [9.17, 15) is 0 Å². The zero-order valence-electron chi connectivity index (χ0n) is 10.5. The molecule has 1 saturated heterocycles. The molecule has 1 aliphatic heterocycles. The summed E-state index contributed by atoms with van der Waals surface area (Å²) in [6, 6.07) is 1.47. The van der Waals surface area contributed by atoms with Crippen LogP contribution in [-0.4, -0.2) is 24.8 Å². The van der Waals surface area contributed by atoms with Gasteiger partial charge < -0.3 is 10.1 Å². The van der Waals surface area contributed by atoms with Gasteiger partial charge in [0.15, 0.2) is 0 Å². The van der Waals surface area contributed by atoms with Crippen LogP contribution in [0.1, 0.15) is 51.9 Å². The van der Waals surface area contributed by atoms with E-state index in [-0.39, 0.29) is 0 Å². The van der Waals surface area contributed by atoms with E-state index in [0.29, 0.717) is 12.1 Å². The number of hydrogen-bond acceptors (Lipinski definition) is 2. The highest BCUT2D eigenvalue weighted by Crippen LogP contribution is 2.44. The van der Waals surface area contributed by atoms with Gasteiger partial charge in [0.05, 0.1) is 6.10 Å². The Morgan fingerprint density at radius 2 is 1.81 bits per heavy atom. The molecule has 2 aliphatic carbocycles. The molecule has 0 aromatic rings. The highest BCUT2D eigenvalue weighted by molar-refractivity contribution is 5.00. The molecule has 1 heterocycles. The van der Waals surface area contributed by atoms with Gasteiger partial charge in [-0.25, -0.2) is 0 Å². The van der Waals surface area contributed by atoms with Gasteiger partial charge in [-0.15, -0.1) is 0 Å². The number of rotatable bonds is 3. The van der Waals surface area contributed by atoms with Gasteiger partial charge >= 0.3 is 0 Å². The smallest absolute Gasteiger partial charge is 0.0700 e. The van der Waals surface area contributed by atoms with Crippen molar-refractivity contribution in [3.8, 4) is 0 Å². The van der Waals surface area contributed by atoms with Crippen LogP contribution >= 0.6 is 0 Å². The molecule has 0 spiro atoms. The second kappa shape index (κ2) is 4.66. The van der Waals surface area contributed by atoms with Crippen molar-refractivity contribution in [2.24, 2.45) is 11.8 Å². The van der Waals surface area contributed by atoms with E-state index in [1.165, 1.54) is 44.9 Å². The van der Waals surface area contributed by atoms with E-state index in [1.807, 2.05) is 0 Å². The fourth-order valence-electron chi connectivity index (χ4n) is 3.72. The maximum Gasteiger partial charge on any atom is 0.0700 e. The first-order chi connectivity index (χ1) is 7.84. The topological polar surface area (TPSA) is 21.3 Å². The van der Waals surface area contributed by atoms with Crippen LogP contribution < -0.4 is 5.32 Å². The lowest BCUT2D eigenvalue weighted by atomic mass is 9.85. The van der Waals surface area contributed by atoms with Crippen molar-refractivity contribution in [1.82, 2.24) is 5.32 Å². The van der Waals surface area contributed by atoms with Crippen LogP contribution in [0.3, 0.4) is 0 Å². The number of nitrogens with one attached hydrogen (secondary N) is 1. The summed E-state index contributed by atoms with van der Waals surface area (Å²) >= 11 is 0. The third kappa shape index (κ3) is 2.28.